The van der Waals surface area contributed by atoms with Crippen LogP contribution in [0.4, 0.5) is 11.4 Å². The van der Waals surface area contributed by atoms with Crippen LogP contribution in [0.15, 0.2) is 47.5 Å². The average molecular weight is 331 g/mol. The molecule has 1 heterocycles. The van der Waals surface area contributed by atoms with E-state index in [-0.39, 0.29) is 5.91 Å². The number of rotatable bonds is 2. The zero-order chi connectivity index (χ0) is 16.8. The topological polar surface area (TPSA) is 50.7 Å². The van der Waals surface area contributed by atoms with Crippen molar-refractivity contribution in [3.63, 3.8) is 0 Å². The van der Waals surface area contributed by atoms with Crippen LogP contribution in [-0.4, -0.2) is 18.2 Å². The molecule has 0 aliphatic carbocycles. The average Bonchev–Trinajstić information content (AvgIpc) is 2.56. The molecule has 2 aromatic rings. The molecule has 2 aromatic carbocycles. The van der Waals surface area contributed by atoms with E-state index in [0.29, 0.717) is 17.4 Å². The number of hydrogen-bond donors (Lipinski definition) is 1. The van der Waals surface area contributed by atoms with Gasteiger partial charge in [-0.2, -0.15) is 0 Å². The van der Waals surface area contributed by atoms with Crippen molar-refractivity contribution in [3.8, 4) is 5.75 Å². The zero-order valence-corrected chi connectivity index (χ0v) is 14.1. The van der Waals surface area contributed by atoms with Crippen LogP contribution in [0.1, 0.15) is 26.3 Å². The number of hydrogen-bond acceptors (Lipinski definition) is 3. The van der Waals surface area contributed by atoms with Crippen molar-refractivity contribution in [2.75, 3.05) is 11.9 Å². The predicted octanol–water partition coefficient (Wildman–Crippen LogP) is 4.84. The van der Waals surface area contributed by atoms with Crippen LogP contribution in [0.2, 0.25) is 5.02 Å². The number of ether oxygens (including phenoxy) is 1. The Morgan fingerprint density at radius 2 is 1.87 bits per heavy atom. The van der Waals surface area contributed by atoms with E-state index in [2.05, 4.69) is 10.3 Å². The van der Waals surface area contributed by atoms with E-state index >= 15 is 0 Å². The number of carbonyl (C=O) groups excluding carboxylic acids is 1. The number of aliphatic imine (C=N–C) groups is 1. The summed E-state index contributed by atoms with van der Waals surface area (Å²) >= 11 is 5.93. The summed E-state index contributed by atoms with van der Waals surface area (Å²) in [5, 5.41) is 3.36. The fourth-order valence-corrected chi connectivity index (χ4v) is 2.28. The first-order chi connectivity index (χ1) is 11.1. The third kappa shape index (κ3) is 4.33. The predicted molar refractivity (Wildman–Crippen MR) is 95.2 cm³/mol. The van der Waals surface area contributed by atoms with Gasteiger partial charge < -0.3 is 10.1 Å². The van der Waals surface area contributed by atoms with Gasteiger partial charge in [-0.1, -0.05) is 37.6 Å². The van der Waals surface area contributed by atoms with Crippen molar-refractivity contribution >= 4 is 34.6 Å². The fourth-order valence-electron chi connectivity index (χ4n) is 2.12. The molecule has 1 amide bonds. The lowest BCUT2D eigenvalue weighted by molar-refractivity contribution is -0.114. The van der Waals surface area contributed by atoms with Gasteiger partial charge in [-0.3, -0.25) is 4.79 Å². The van der Waals surface area contributed by atoms with E-state index in [9.17, 15) is 4.79 Å². The van der Waals surface area contributed by atoms with Gasteiger partial charge in [-0.05, 0) is 29.8 Å². The Morgan fingerprint density at radius 1 is 1.17 bits per heavy atom. The fraction of sp³-hybridized carbons (Fsp3) is 0.222. The molecule has 120 valence electrons. The Bertz CT molecular complexity index is 724. The molecule has 1 N–H and O–H groups in total. The monoisotopic (exact) mass is 330 g/mol. The quantitative estimate of drug-likeness (QED) is 0.856. The molecule has 4 nitrogen and oxygen atoms in total. The summed E-state index contributed by atoms with van der Waals surface area (Å²) in [4.78, 5) is 15.6. The van der Waals surface area contributed by atoms with E-state index in [4.69, 9.17) is 16.3 Å². The molecule has 5 heteroatoms. The van der Waals surface area contributed by atoms with Crippen molar-refractivity contribution in [1.29, 1.82) is 0 Å². The van der Waals surface area contributed by atoms with Gasteiger partial charge >= 0.3 is 0 Å². The van der Waals surface area contributed by atoms with Gasteiger partial charge in [0.05, 0.1) is 5.71 Å². The second kappa shape index (κ2) is 7.79. The standard InChI is InChI=1S/C16H13ClN2O2.C2H6/c1-10(20)18-13-5-2-11(3-6-13)15-9-21-16-8-12(17)4-7-14(16)19-15;1-2/h2-8H,9H2,1H3,(H,18,20);1-2H3. The molecule has 0 unspecified atom stereocenters. The number of amides is 1. The maximum absolute atomic E-state index is 11.0. The van der Waals surface area contributed by atoms with Crippen molar-refractivity contribution in [2.24, 2.45) is 4.99 Å². The van der Waals surface area contributed by atoms with Crippen molar-refractivity contribution in [3.05, 3.63) is 53.1 Å². The van der Waals surface area contributed by atoms with Gasteiger partial charge in [-0.25, -0.2) is 4.99 Å². The van der Waals surface area contributed by atoms with Crippen LogP contribution in [0.3, 0.4) is 0 Å². The highest BCUT2D eigenvalue weighted by molar-refractivity contribution is 6.30. The molecule has 0 saturated carbocycles. The number of nitrogens with one attached hydrogen (secondary N) is 1. The SMILES string of the molecule is CC.CC(=O)Nc1ccc(C2=Nc3ccc(Cl)cc3OC2)cc1. The molecule has 0 saturated heterocycles. The molecular formula is C18H19ClN2O2. The Balaban J connectivity index is 0.000000924. The Morgan fingerprint density at radius 3 is 2.52 bits per heavy atom. The van der Waals surface area contributed by atoms with Gasteiger partial charge in [0.1, 0.15) is 18.0 Å². The summed E-state index contributed by atoms with van der Waals surface area (Å²) in [6.07, 6.45) is 0. The Labute approximate surface area is 141 Å². The van der Waals surface area contributed by atoms with E-state index in [0.717, 1.165) is 22.6 Å². The molecule has 0 aromatic heterocycles. The normalized spacial score (nSPS) is 12.1. The van der Waals surface area contributed by atoms with E-state index < -0.39 is 0 Å². The minimum absolute atomic E-state index is 0.0908. The number of halogens is 1. The van der Waals surface area contributed by atoms with Crippen molar-refractivity contribution in [2.45, 2.75) is 20.8 Å². The maximum atomic E-state index is 11.0. The van der Waals surface area contributed by atoms with E-state index in [1.807, 2.05) is 44.2 Å². The highest BCUT2D eigenvalue weighted by Gasteiger charge is 2.14. The summed E-state index contributed by atoms with van der Waals surface area (Å²) < 4.78 is 5.68. The van der Waals surface area contributed by atoms with Gasteiger partial charge in [0.15, 0.2) is 0 Å². The molecule has 0 atom stereocenters. The molecule has 0 radical (unpaired) electrons. The molecule has 3 rings (SSSR count). The van der Waals surface area contributed by atoms with Gasteiger partial charge in [0.2, 0.25) is 5.91 Å². The summed E-state index contributed by atoms with van der Waals surface area (Å²) in [6, 6.07) is 12.9. The highest BCUT2D eigenvalue weighted by Crippen LogP contribution is 2.34. The van der Waals surface area contributed by atoms with Gasteiger partial charge in [0, 0.05) is 23.7 Å². The summed E-state index contributed by atoms with van der Waals surface area (Å²) in [6.45, 7) is 5.88. The molecule has 0 fully saturated rings. The largest absolute Gasteiger partial charge is 0.485 e. The third-order valence-electron chi connectivity index (χ3n) is 3.08. The highest BCUT2D eigenvalue weighted by atomic mass is 35.5. The molecule has 1 aliphatic heterocycles. The summed E-state index contributed by atoms with van der Waals surface area (Å²) in [5.74, 6) is 0.605. The van der Waals surface area contributed by atoms with E-state index in [1.54, 1.807) is 12.1 Å². The first-order valence-electron chi connectivity index (χ1n) is 7.50. The molecule has 0 bridgehead atoms. The Hall–Kier alpha value is -2.33. The van der Waals surface area contributed by atoms with Gasteiger partial charge in [0.25, 0.3) is 0 Å². The summed E-state index contributed by atoms with van der Waals surface area (Å²) in [5.41, 5.74) is 3.34. The smallest absolute Gasteiger partial charge is 0.221 e. The minimum atomic E-state index is -0.0908. The van der Waals surface area contributed by atoms with Crippen LogP contribution >= 0.6 is 11.6 Å². The van der Waals surface area contributed by atoms with Gasteiger partial charge in [-0.15, -0.1) is 0 Å². The molecule has 0 spiro atoms. The number of fused-ring (bicyclic) bond motifs is 1. The molecule has 1 aliphatic rings. The number of nitrogens with zero attached hydrogens (tertiary/aromatic N) is 1. The van der Waals surface area contributed by atoms with Crippen LogP contribution in [-0.2, 0) is 4.79 Å². The number of benzene rings is 2. The molecule has 23 heavy (non-hydrogen) atoms. The first-order valence-corrected chi connectivity index (χ1v) is 7.87. The number of anilines is 1. The Kier molecular flexibility index (Phi) is 5.77. The van der Waals surface area contributed by atoms with Crippen molar-refractivity contribution in [1.82, 2.24) is 0 Å². The third-order valence-corrected chi connectivity index (χ3v) is 3.32. The van der Waals surface area contributed by atoms with Crippen LogP contribution in [0.5, 0.6) is 5.75 Å². The lowest BCUT2D eigenvalue weighted by atomic mass is 10.1. The lowest BCUT2D eigenvalue weighted by Crippen LogP contribution is -2.16. The second-order valence-electron chi connectivity index (χ2n) is 4.72. The second-order valence-corrected chi connectivity index (χ2v) is 5.15. The minimum Gasteiger partial charge on any atom is -0.485 e. The van der Waals surface area contributed by atoms with E-state index in [1.165, 1.54) is 6.92 Å². The lowest BCUT2D eigenvalue weighted by Gasteiger charge is -2.17. The van der Waals surface area contributed by atoms with Crippen molar-refractivity contribution < 1.29 is 9.53 Å². The maximum Gasteiger partial charge on any atom is 0.221 e. The number of carbonyl (C=O) groups is 1. The first kappa shape index (κ1) is 17.0. The van der Waals surface area contributed by atoms with Crippen LogP contribution in [0, 0.1) is 0 Å². The van der Waals surface area contributed by atoms with Crippen LogP contribution in [0.25, 0.3) is 0 Å². The molecular weight excluding hydrogens is 312 g/mol. The van der Waals surface area contributed by atoms with Crippen LogP contribution < -0.4 is 10.1 Å². The zero-order valence-electron chi connectivity index (χ0n) is 13.4. The summed E-state index contributed by atoms with van der Waals surface area (Å²) in [7, 11) is 0.